The maximum atomic E-state index is 5.91. The summed E-state index contributed by atoms with van der Waals surface area (Å²) in [5.74, 6) is 2.11. The molecule has 0 amide bonds. The highest BCUT2D eigenvalue weighted by Gasteiger charge is 2.18. The Kier molecular flexibility index (Phi) is 3.62. The van der Waals surface area contributed by atoms with Crippen molar-refractivity contribution in [1.82, 2.24) is 19.8 Å². The maximum Gasteiger partial charge on any atom is 0.235 e. The molecule has 2 aromatic heterocycles. The Morgan fingerprint density at radius 2 is 1.85 bits per heavy atom. The molecule has 3 heterocycles. The van der Waals surface area contributed by atoms with E-state index in [0.29, 0.717) is 16.6 Å². The molecule has 0 bridgehead atoms. The van der Waals surface area contributed by atoms with Crippen molar-refractivity contribution in [3.8, 4) is 22.9 Å². The molecule has 6 nitrogen and oxygen atoms in total. The van der Waals surface area contributed by atoms with Crippen molar-refractivity contribution in [3.63, 3.8) is 0 Å². The molecule has 128 valence electrons. The van der Waals surface area contributed by atoms with Crippen LogP contribution in [0.15, 0.2) is 42.5 Å². The van der Waals surface area contributed by atoms with E-state index in [1.165, 1.54) is 11.3 Å². The highest BCUT2D eigenvalue weighted by Crippen LogP contribution is 2.35. The molecule has 0 N–H and O–H groups in total. The van der Waals surface area contributed by atoms with Crippen LogP contribution in [0.4, 0.5) is 0 Å². The van der Waals surface area contributed by atoms with Gasteiger partial charge in [-0.25, -0.2) is 0 Å². The van der Waals surface area contributed by atoms with E-state index in [9.17, 15) is 0 Å². The van der Waals surface area contributed by atoms with Gasteiger partial charge in [-0.2, -0.15) is 9.61 Å². The van der Waals surface area contributed by atoms with Gasteiger partial charge in [0, 0.05) is 10.6 Å². The molecule has 0 saturated carbocycles. The second-order valence-corrected chi connectivity index (χ2v) is 7.04. The van der Waals surface area contributed by atoms with Gasteiger partial charge in [-0.15, -0.1) is 10.2 Å². The molecule has 8 heteroatoms. The zero-order valence-electron chi connectivity index (χ0n) is 13.3. The molecule has 0 aliphatic carbocycles. The lowest BCUT2D eigenvalue weighted by Crippen LogP contribution is -1.93. The van der Waals surface area contributed by atoms with E-state index >= 15 is 0 Å². The standard InChI is InChI=1S/C18H11ClN4O2S/c19-13-5-1-11(2-6-13)3-8-16-22-23-17(20-21-18(23)26-16)12-4-7-14-15(9-12)25-10-24-14/h1-9H,10H2/b8-3+. The van der Waals surface area contributed by atoms with Gasteiger partial charge < -0.3 is 9.47 Å². The molecule has 0 saturated heterocycles. The molecule has 5 rings (SSSR count). The fourth-order valence-electron chi connectivity index (χ4n) is 2.66. The molecule has 0 atom stereocenters. The van der Waals surface area contributed by atoms with Crippen molar-refractivity contribution in [3.05, 3.63) is 58.1 Å². The summed E-state index contributed by atoms with van der Waals surface area (Å²) >= 11 is 7.38. The van der Waals surface area contributed by atoms with E-state index in [0.717, 1.165) is 26.8 Å². The summed E-state index contributed by atoms with van der Waals surface area (Å²) in [7, 11) is 0. The van der Waals surface area contributed by atoms with Crippen molar-refractivity contribution >= 4 is 40.1 Å². The quantitative estimate of drug-likeness (QED) is 0.525. The number of benzene rings is 2. The first-order valence-electron chi connectivity index (χ1n) is 7.82. The second-order valence-electron chi connectivity index (χ2n) is 5.61. The Labute approximate surface area is 157 Å². The molecule has 0 radical (unpaired) electrons. The Hall–Kier alpha value is -2.90. The van der Waals surface area contributed by atoms with E-state index in [1.54, 1.807) is 4.52 Å². The predicted octanol–water partition coefficient (Wildman–Crippen LogP) is 4.41. The van der Waals surface area contributed by atoms with Crippen LogP contribution in [0.3, 0.4) is 0 Å². The smallest absolute Gasteiger partial charge is 0.235 e. The van der Waals surface area contributed by atoms with Gasteiger partial charge in [0.2, 0.25) is 11.8 Å². The number of rotatable bonds is 3. The lowest BCUT2D eigenvalue weighted by Gasteiger charge is -1.99. The number of hydrogen-bond donors (Lipinski definition) is 0. The monoisotopic (exact) mass is 382 g/mol. The third-order valence-electron chi connectivity index (χ3n) is 3.93. The molecule has 4 aromatic rings. The minimum atomic E-state index is 0.240. The van der Waals surface area contributed by atoms with Crippen molar-refractivity contribution < 1.29 is 9.47 Å². The second kappa shape index (κ2) is 6.12. The Bertz CT molecular complexity index is 1130. The summed E-state index contributed by atoms with van der Waals surface area (Å²) in [6.07, 6.45) is 3.94. The minimum absolute atomic E-state index is 0.240. The van der Waals surface area contributed by atoms with Crippen LogP contribution in [0.5, 0.6) is 11.5 Å². The lowest BCUT2D eigenvalue weighted by molar-refractivity contribution is 0.174. The van der Waals surface area contributed by atoms with Gasteiger partial charge >= 0.3 is 0 Å². The Morgan fingerprint density at radius 3 is 2.73 bits per heavy atom. The average Bonchev–Trinajstić information content (AvgIpc) is 3.35. The number of ether oxygens (including phenoxy) is 2. The summed E-state index contributed by atoms with van der Waals surface area (Å²) in [4.78, 5) is 0.730. The maximum absolute atomic E-state index is 5.91. The number of hydrogen-bond acceptors (Lipinski definition) is 6. The van der Waals surface area contributed by atoms with Gasteiger partial charge in [-0.3, -0.25) is 0 Å². The normalized spacial score (nSPS) is 13.1. The van der Waals surface area contributed by atoms with Crippen molar-refractivity contribution in [1.29, 1.82) is 0 Å². The third-order valence-corrected chi connectivity index (χ3v) is 5.04. The SMILES string of the molecule is Clc1ccc(/C=C/c2nn3c(-c4ccc5c(c4)OCO5)nnc3s2)cc1. The van der Waals surface area contributed by atoms with Crippen LogP contribution in [0.25, 0.3) is 28.5 Å². The van der Waals surface area contributed by atoms with Gasteiger partial charge in [0.15, 0.2) is 17.3 Å². The molecular weight excluding hydrogens is 372 g/mol. The van der Waals surface area contributed by atoms with Crippen LogP contribution in [-0.4, -0.2) is 26.6 Å². The van der Waals surface area contributed by atoms with E-state index in [1.807, 2.05) is 54.6 Å². The van der Waals surface area contributed by atoms with Gasteiger partial charge in [-0.05, 0) is 42.0 Å². The number of nitrogens with zero attached hydrogens (tertiary/aromatic N) is 4. The van der Waals surface area contributed by atoms with E-state index in [-0.39, 0.29) is 6.79 Å². The van der Waals surface area contributed by atoms with Crippen molar-refractivity contribution in [2.24, 2.45) is 0 Å². The zero-order chi connectivity index (χ0) is 17.5. The largest absolute Gasteiger partial charge is 0.454 e. The predicted molar refractivity (Wildman–Crippen MR) is 101 cm³/mol. The van der Waals surface area contributed by atoms with Crippen LogP contribution >= 0.6 is 22.9 Å². The highest BCUT2D eigenvalue weighted by atomic mass is 35.5. The first kappa shape index (κ1) is 15.4. The van der Waals surface area contributed by atoms with Gasteiger partial charge in [0.1, 0.15) is 5.01 Å². The summed E-state index contributed by atoms with van der Waals surface area (Å²) < 4.78 is 12.5. The Balaban J connectivity index is 1.48. The summed E-state index contributed by atoms with van der Waals surface area (Å²) in [5, 5.41) is 14.6. The molecule has 1 aliphatic heterocycles. The van der Waals surface area contributed by atoms with Gasteiger partial charge in [-0.1, -0.05) is 41.1 Å². The molecule has 2 aromatic carbocycles. The zero-order valence-corrected chi connectivity index (χ0v) is 14.9. The van der Waals surface area contributed by atoms with Crippen LogP contribution in [0.1, 0.15) is 10.6 Å². The fourth-order valence-corrected chi connectivity index (χ4v) is 3.52. The van der Waals surface area contributed by atoms with Crippen LogP contribution < -0.4 is 9.47 Å². The van der Waals surface area contributed by atoms with Crippen LogP contribution in [-0.2, 0) is 0 Å². The minimum Gasteiger partial charge on any atom is -0.454 e. The Morgan fingerprint density at radius 1 is 1.00 bits per heavy atom. The van der Waals surface area contributed by atoms with Crippen LogP contribution in [0, 0.1) is 0 Å². The molecule has 1 aliphatic rings. The van der Waals surface area contributed by atoms with Crippen LogP contribution in [0.2, 0.25) is 5.02 Å². The lowest BCUT2D eigenvalue weighted by atomic mass is 10.2. The number of fused-ring (bicyclic) bond motifs is 2. The van der Waals surface area contributed by atoms with Gasteiger partial charge in [0.25, 0.3) is 0 Å². The topological polar surface area (TPSA) is 61.5 Å². The number of aromatic nitrogens is 4. The van der Waals surface area contributed by atoms with E-state index in [2.05, 4.69) is 15.3 Å². The van der Waals surface area contributed by atoms with E-state index in [4.69, 9.17) is 21.1 Å². The summed E-state index contributed by atoms with van der Waals surface area (Å²) in [6.45, 7) is 0.240. The van der Waals surface area contributed by atoms with Crippen molar-refractivity contribution in [2.75, 3.05) is 6.79 Å². The summed E-state index contributed by atoms with van der Waals surface area (Å²) in [5.41, 5.74) is 1.93. The highest BCUT2D eigenvalue weighted by molar-refractivity contribution is 7.17. The van der Waals surface area contributed by atoms with E-state index < -0.39 is 0 Å². The van der Waals surface area contributed by atoms with Gasteiger partial charge in [0.05, 0.1) is 0 Å². The fraction of sp³-hybridized carbons (Fsp3) is 0.0556. The average molecular weight is 383 g/mol. The molecule has 0 unspecified atom stereocenters. The molecule has 0 spiro atoms. The first-order valence-corrected chi connectivity index (χ1v) is 9.02. The number of halogens is 1. The molecular formula is C18H11ClN4O2S. The molecule has 26 heavy (non-hydrogen) atoms. The third kappa shape index (κ3) is 2.71. The summed E-state index contributed by atoms with van der Waals surface area (Å²) in [6, 6.07) is 13.3. The van der Waals surface area contributed by atoms with Crippen molar-refractivity contribution in [2.45, 2.75) is 0 Å². The molecule has 0 fully saturated rings. The first-order chi connectivity index (χ1) is 12.8.